The maximum Gasteiger partial charge on any atom is 0.333 e. The van der Waals surface area contributed by atoms with Gasteiger partial charge in [-0.05, 0) is 50.9 Å². The molecule has 4 saturated carbocycles. The summed E-state index contributed by atoms with van der Waals surface area (Å²) >= 11 is 0. The monoisotopic (exact) mass is 235 g/mol. The lowest BCUT2D eigenvalue weighted by atomic mass is 9.52. The highest BCUT2D eigenvalue weighted by Crippen LogP contribution is 2.58. The van der Waals surface area contributed by atoms with Gasteiger partial charge in [0.2, 0.25) is 0 Å². The van der Waals surface area contributed by atoms with Crippen molar-refractivity contribution in [2.45, 2.75) is 50.2 Å². The number of carbonyl (C=O) groups is 1. The van der Waals surface area contributed by atoms with Crippen LogP contribution in [0.15, 0.2) is 12.2 Å². The molecular weight excluding hydrogens is 216 g/mol. The molecule has 0 aliphatic heterocycles. The molecule has 1 N–H and O–H groups in total. The normalized spacial score (nSPS) is 46.9. The molecule has 0 amide bonds. The quantitative estimate of drug-likeness (QED) is 0.588. The highest BCUT2D eigenvalue weighted by Gasteiger charge is 2.59. The summed E-state index contributed by atoms with van der Waals surface area (Å²) in [6.07, 6.45) is 6.52. The number of aliphatic hydroxyl groups is 1. The van der Waals surface area contributed by atoms with Crippen molar-refractivity contribution >= 4 is 5.97 Å². The third-order valence-corrected chi connectivity index (χ3v) is 4.40. The van der Waals surface area contributed by atoms with Gasteiger partial charge in [0.15, 0.2) is 0 Å². The van der Waals surface area contributed by atoms with Crippen molar-refractivity contribution in [3.05, 3.63) is 18.6 Å². The van der Waals surface area contributed by atoms with E-state index in [1.807, 2.05) is 6.42 Å². The molecule has 0 aromatic heterocycles. The summed E-state index contributed by atoms with van der Waals surface area (Å²) in [5.41, 5.74) is -0.782. The van der Waals surface area contributed by atoms with Crippen molar-refractivity contribution in [2.24, 2.45) is 11.8 Å². The Morgan fingerprint density at radius 2 is 1.94 bits per heavy atom. The number of ether oxygens (including phenoxy) is 1. The predicted molar refractivity (Wildman–Crippen MR) is 63.0 cm³/mol. The standard InChI is InChI=1S/C14H19O3/c1-9(2)12(15)17-14-6-10-3-11(7-14)5-13(16,4-10)8-14/h8,10-11,16H,1,3-7H2,2H3. The Kier molecular flexibility index (Phi) is 2.22. The zero-order chi connectivity index (χ0) is 12.3. The Morgan fingerprint density at radius 1 is 1.35 bits per heavy atom. The van der Waals surface area contributed by atoms with Crippen LogP contribution in [0.2, 0.25) is 0 Å². The molecule has 4 aliphatic carbocycles. The fourth-order valence-electron chi connectivity index (χ4n) is 4.20. The van der Waals surface area contributed by atoms with E-state index in [0.717, 1.165) is 25.7 Å². The van der Waals surface area contributed by atoms with Crippen LogP contribution in [-0.2, 0) is 9.53 Å². The van der Waals surface area contributed by atoms with E-state index in [4.69, 9.17) is 4.74 Å². The van der Waals surface area contributed by atoms with Crippen LogP contribution in [0.1, 0.15) is 39.0 Å². The first-order valence-electron chi connectivity index (χ1n) is 6.38. The molecule has 93 valence electrons. The Bertz CT molecular complexity index is 371. The van der Waals surface area contributed by atoms with E-state index in [9.17, 15) is 9.90 Å². The maximum absolute atomic E-state index is 11.7. The number of hydrogen-bond acceptors (Lipinski definition) is 3. The SMILES string of the molecule is C=C(C)C(=O)OC12[CH]C3(O)CC(CC(C3)C1)C2. The number of carbonyl (C=O) groups excluding carboxylic acids is 1. The highest BCUT2D eigenvalue weighted by molar-refractivity contribution is 5.87. The van der Waals surface area contributed by atoms with Gasteiger partial charge in [-0.3, -0.25) is 0 Å². The average molecular weight is 235 g/mol. The van der Waals surface area contributed by atoms with Gasteiger partial charge in [-0.15, -0.1) is 0 Å². The Hall–Kier alpha value is -0.830. The van der Waals surface area contributed by atoms with Crippen LogP contribution in [0.3, 0.4) is 0 Å². The lowest BCUT2D eigenvalue weighted by molar-refractivity contribution is -0.187. The molecule has 4 aliphatic rings. The molecule has 1 radical (unpaired) electrons. The van der Waals surface area contributed by atoms with E-state index < -0.39 is 11.2 Å². The predicted octanol–water partition coefficient (Wildman–Crippen LogP) is 2.00. The maximum atomic E-state index is 11.7. The molecule has 0 aromatic carbocycles. The van der Waals surface area contributed by atoms with Gasteiger partial charge in [-0.2, -0.15) is 0 Å². The fourth-order valence-corrected chi connectivity index (χ4v) is 4.20. The van der Waals surface area contributed by atoms with Gasteiger partial charge in [0.1, 0.15) is 5.60 Å². The molecular formula is C14H19O3. The molecule has 4 fully saturated rings. The van der Waals surface area contributed by atoms with Gasteiger partial charge >= 0.3 is 5.97 Å². The first kappa shape index (κ1) is 11.3. The minimum atomic E-state index is -0.695. The molecule has 3 heteroatoms. The minimum Gasteiger partial charge on any atom is -0.455 e. The summed E-state index contributed by atoms with van der Waals surface area (Å²) in [4.78, 5) is 11.7. The van der Waals surface area contributed by atoms with E-state index in [1.54, 1.807) is 6.92 Å². The van der Waals surface area contributed by atoms with Crippen LogP contribution in [-0.4, -0.2) is 22.3 Å². The molecule has 4 bridgehead atoms. The van der Waals surface area contributed by atoms with Crippen molar-refractivity contribution in [2.75, 3.05) is 0 Å². The van der Waals surface area contributed by atoms with E-state index in [-0.39, 0.29) is 5.97 Å². The molecule has 0 aromatic rings. The lowest BCUT2D eigenvalue weighted by Crippen LogP contribution is -2.61. The van der Waals surface area contributed by atoms with Crippen molar-refractivity contribution in [3.8, 4) is 0 Å². The van der Waals surface area contributed by atoms with Crippen LogP contribution < -0.4 is 0 Å². The Labute approximate surface area is 102 Å². The second-order valence-electron chi connectivity index (χ2n) is 6.27. The van der Waals surface area contributed by atoms with Crippen LogP contribution in [0, 0.1) is 18.3 Å². The number of esters is 1. The van der Waals surface area contributed by atoms with Crippen molar-refractivity contribution in [1.82, 2.24) is 0 Å². The fraction of sp³-hybridized carbons (Fsp3) is 0.714. The van der Waals surface area contributed by atoms with Gasteiger partial charge < -0.3 is 9.84 Å². The largest absolute Gasteiger partial charge is 0.455 e. The summed E-state index contributed by atoms with van der Waals surface area (Å²) < 4.78 is 5.62. The summed E-state index contributed by atoms with van der Waals surface area (Å²) in [5.74, 6) is 0.692. The van der Waals surface area contributed by atoms with Crippen molar-refractivity contribution < 1.29 is 14.6 Å². The van der Waals surface area contributed by atoms with Gasteiger partial charge in [0.25, 0.3) is 0 Å². The van der Waals surface area contributed by atoms with Crippen LogP contribution >= 0.6 is 0 Å². The first-order valence-corrected chi connectivity index (χ1v) is 6.38. The Morgan fingerprint density at radius 3 is 2.41 bits per heavy atom. The zero-order valence-corrected chi connectivity index (χ0v) is 10.2. The van der Waals surface area contributed by atoms with Crippen LogP contribution in [0.5, 0.6) is 0 Å². The van der Waals surface area contributed by atoms with Gasteiger partial charge in [-0.25, -0.2) is 4.79 Å². The zero-order valence-electron chi connectivity index (χ0n) is 10.2. The molecule has 3 nitrogen and oxygen atoms in total. The van der Waals surface area contributed by atoms with Crippen LogP contribution in [0.25, 0.3) is 0 Å². The van der Waals surface area contributed by atoms with Gasteiger partial charge in [0, 0.05) is 12.0 Å². The molecule has 0 heterocycles. The molecule has 2 atom stereocenters. The Balaban J connectivity index is 1.83. The van der Waals surface area contributed by atoms with E-state index in [1.165, 1.54) is 6.42 Å². The third-order valence-electron chi connectivity index (χ3n) is 4.40. The molecule has 4 rings (SSSR count). The number of rotatable bonds is 2. The van der Waals surface area contributed by atoms with E-state index >= 15 is 0 Å². The van der Waals surface area contributed by atoms with Gasteiger partial charge in [0.05, 0.1) is 5.60 Å². The van der Waals surface area contributed by atoms with E-state index in [0.29, 0.717) is 17.4 Å². The third kappa shape index (κ3) is 1.81. The van der Waals surface area contributed by atoms with Crippen molar-refractivity contribution in [3.63, 3.8) is 0 Å². The van der Waals surface area contributed by atoms with Crippen molar-refractivity contribution in [1.29, 1.82) is 0 Å². The smallest absolute Gasteiger partial charge is 0.333 e. The molecule has 17 heavy (non-hydrogen) atoms. The average Bonchev–Trinajstić information content (AvgIpc) is 2.11. The molecule has 0 spiro atoms. The number of hydrogen-bond donors (Lipinski definition) is 1. The molecule has 0 saturated heterocycles. The summed E-state index contributed by atoms with van der Waals surface area (Å²) in [6.45, 7) is 5.28. The van der Waals surface area contributed by atoms with Gasteiger partial charge in [-0.1, -0.05) is 6.58 Å². The summed E-state index contributed by atoms with van der Waals surface area (Å²) in [5, 5.41) is 10.4. The van der Waals surface area contributed by atoms with E-state index in [2.05, 4.69) is 6.58 Å². The highest BCUT2D eigenvalue weighted by atomic mass is 16.6. The minimum absolute atomic E-state index is 0.327. The second-order valence-corrected chi connectivity index (χ2v) is 6.27. The second kappa shape index (κ2) is 3.35. The topological polar surface area (TPSA) is 46.5 Å². The first-order chi connectivity index (χ1) is 7.90. The van der Waals surface area contributed by atoms with Crippen LogP contribution in [0.4, 0.5) is 0 Å². The summed E-state index contributed by atoms with van der Waals surface area (Å²) in [7, 11) is 0. The lowest BCUT2D eigenvalue weighted by Gasteiger charge is -2.58. The molecule has 2 unspecified atom stereocenters. The summed E-state index contributed by atoms with van der Waals surface area (Å²) in [6, 6.07) is 0.